The Kier molecular flexibility index (Phi) is 9.10. The van der Waals surface area contributed by atoms with E-state index in [2.05, 4.69) is 20.6 Å². The van der Waals surface area contributed by atoms with Gasteiger partial charge in [-0.2, -0.15) is 0 Å². The highest BCUT2D eigenvalue weighted by atomic mass is 32.2. The number of hydrogen-bond acceptors (Lipinski definition) is 8. The van der Waals surface area contributed by atoms with Crippen molar-refractivity contribution in [3.8, 4) is 0 Å². The zero-order chi connectivity index (χ0) is 22.9. The number of hydrogen-bond donors (Lipinski definition) is 4. The lowest BCUT2D eigenvalue weighted by atomic mass is 9.76. The van der Waals surface area contributed by atoms with E-state index in [-0.39, 0.29) is 12.1 Å². The van der Waals surface area contributed by atoms with E-state index in [0.29, 0.717) is 12.8 Å². The molecular formula is C19H25BN4O6S. The van der Waals surface area contributed by atoms with E-state index in [1.807, 2.05) is 30.3 Å². The van der Waals surface area contributed by atoms with Crippen LogP contribution in [0.25, 0.3) is 0 Å². The minimum absolute atomic E-state index is 0.0876. The van der Waals surface area contributed by atoms with Gasteiger partial charge in [-0.05, 0) is 24.8 Å². The molecule has 10 nitrogen and oxygen atoms in total. The Balaban J connectivity index is 2.03. The van der Waals surface area contributed by atoms with Crippen molar-refractivity contribution in [2.45, 2.75) is 31.2 Å². The van der Waals surface area contributed by atoms with Gasteiger partial charge < -0.3 is 20.7 Å². The van der Waals surface area contributed by atoms with Crippen molar-refractivity contribution in [3.05, 3.63) is 60.2 Å². The molecular weight excluding hydrogens is 423 g/mol. The lowest BCUT2D eigenvalue weighted by molar-refractivity contribution is -0.122. The molecule has 2 aromatic rings. The molecule has 1 heterocycles. The number of carbonyl (C=O) groups is 2. The van der Waals surface area contributed by atoms with E-state index < -0.39 is 46.5 Å². The molecule has 12 heteroatoms. The van der Waals surface area contributed by atoms with E-state index in [1.165, 1.54) is 18.6 Å². The van der Waals surface area contributed by atoms with Crippen LogP contribution >= 0.6 is 0 Å². The molecule has 2 amide bonds. The third-order valence-corrected chi connectivity index (χ3v) is 5.34. The summed E-state index contributed by atoms with van der Waals surface area (Å²) in [6.07, 6.45) is 6.20. The summed E-state index contributed by atoms with van der Waals surface area (Å²) < 4.78 is 23.5. The monoisotopic (exact) mass is 448 g/mol. The zero-order valence-corrected chi connectivity index (χ0v) is 17.8. The fourth-order valence-electron chi connectivity index (χ4n) is 2.88. The molecule has 2 rings (SSSR count). The maximum Gasteiger partial charge on any atom is 0.475 e. The highest BCUT2D eigenvalue weighted by Crippen LogP contribution is 2.08. The molecule has 31 heavy (non-hydrogen) atoms. The average Bonchev–Trinajstić information content (AvgIpc) is 2.72. The molecule has 2 atom stereocenters. The van der Waals surface area contributed by atoms with Crippen molar-refractivity contribution in [3.63, 3.8) is 0 Å². The van der Waals surface area contributed by atoms with E-state index in [4.69, 9.17) is 0 Å². The Bertz CT molecular complexity index is 960. The van der Waals surface area contributed by atoms with Crippen molar-refractivity contribution in [2.24, 2.45) is 0 Å². The van der Waals surface area contributed by atoms with Gasteiger partial charge in [0.05, 0.1) is 17.9 Å². The summed E-state index contributed by atoms with van der Waals surface area (Å²) in [5.41, 5.74) is 0.974. The van der Waals surface area contributed by atoms with Crippen LogP contribution in [0.15, 0.2) is 48.9 Å². The number of aromatic nitrogens is 2. The lowest BCUT2D eigenvalue weighted by Gasteiger charge is -2.22. The van der Waals surface area contributed by atoms with Crippen molar-refractivity contribution >= 4 is 28.8 Å². The molecule has 0 aliphatic rings. The van der Waals surface area contributed by atoms with E-state index in [1.54, 1.807) is 0 Å². The third-order valence-electron chi connectivity index (χ3n) is 4.40. The first-order chi connectivity index (χ1) is 14.7. The normalized spacial score (nSPS) is 13.1. The Labute approximate surface area is 181 Å². The molecule has 4 N–H and O–H groups in total. The van der Waals surface area contributed by atoms with Gasteiger partial charge in [0.25, 0.3) is 5.91 Å². The SMILES string of the molecule is CS(=O)(=O)CC(NC(=O)c1cnccn1)C(=O)NC(CCCc1ccccc1)B(O)O. The molecule has 2 unspecified atom stereocenters. The van der Waals surface area contributed by atoms with Crippen LogP contribution < -0.4 is 10.6 Å². The molecule has 1 aromatic carbocycles. The summed E-state index contributed by atoms with van der Waals surface area (Å²) in [5, 5.41) is 24.0. The Morgan fingerprint density at radius 2 is 1.84 bits per heavy atom. The first-order valence-electron chi connectivity index (χ1n) is 9.61. The molecule has 0 saturated carbocycles. The standard InChI is InChI=1S/C19H25BN4O6S/c1-31(29,30)13-16(23-18(25)15-12-21-10-11-22-15)19(26)24-17(20(27)28)9-5-8-14-6-3-2-4-7-14/h2-4,6-7,10-12,16-17,27-28H,5,8-9,13H2,1H3,(H,23,25)(H,24,26). The fraction of sp³-hybridized carbons (Fsp3) is 0.368. The maximum atomic E-state index is 12.7. The topological polar surface area (TPSA) is 159 Å². The van der Waals surface area contributed by atoms with Crippen LogP contribution in [-0.4, -0.2) is 71.4 Å². The Morgan fingerprint density at radius 1 is 1.13 bits per heavy atom. The molecule has 0 fully saturated rings. The van der Waals surface area contributed by atoms with Crippen molar-refractivity contribution in [1.82, 2.24) is 20.6 Å². The lowest BCUT2D eigenvalue weighted by Crippen LogP contribution is -2.56. The minimum atomic E-state index is -3.64. The quantitative estimate of drug-likeness (QED) is 0.323. The molecule has 0 radical (unpaired) electrons. The molecule has 0 aliphatic heterocycles. The van der Waals surface area contributed by atoms with Crippen LogP contribution in [-0.2, 0) is 21.1 Å². The number of aryl methyl sites for hydroxylation is 1. The molecule has 0 bridgehead atoms. The summed E-state index contributed by atoms with van der Waals surface area (Å²) in [4.78, 5) is 32.6. The third kappa shape index (κ3) is 8.83. The first-order valence-corrected chi connectivity index (χ1v) is 11.7. The summed E-state index contributed by atoms with van der Waals surface area (Å²) in [6.45, 7) is 0. The molecule has 166 valence electrons. The average molecular weight is 448 g/mol. The van der Waals surface area contributed by atoms with Gasteiger partial charge in [-0.15, -0.1) is 0 Å². The van der Waals surface area contributed by atoms with E-state index in [9.17, 15) is 28.1 Å². The van der Waals surface area contributed by atoms with Crippen molar-refractivity contribution in [1.29, 1.82) is 0 Å². The second-order valence-electron chi connectivity index (χ2n) is 7.12. The number of sulfone groups is 1. The maximum absolute atomic E-state index is 12.7. The Hall–Kier alpha value is -2.83. The van der Waals surface area contributed by atoms with E-state index in [0.717, 1.165) is 11.8 Å². The largest absolute Gasteiger partial charge is 0.475 e. The molecule has 0 aliphatic carbocycles. The van der Waals surface area contributed by atoms with Crippen molar-refractivity contribution in [2.75, 3.05) is 12.0 Å². The van der Waals surface area contributed by atoms with Gasteiger partial charge in [-0.3, -0.25) is 14.6 Å². The predicted molar refractivity (Wildman–Crippen MR) is 114 cm³/mol. The highest BCUT2D eigenvalue weighted by molar-refractivity contribution is 7.90. The molecule has 0 saturated heterocycles. The predicted octanol–water partition coefficient (Wildman–Crippen LogP) is -0.861. The number of benzene rings is 1. The number of rotatable bonds is 11. The summed E-state index contributed by atoms with van der Waals surface area (Å²) in [6, 6.07) is 8.11. The number of nitrogens with one attached hydrogen (secondary N) is 2. The molecule has 0 spiro atoms. The van der Waals surface area contributed by atoms with Crippen LogP contribution in [0.3, 0.4) is 0 Å². The molecule has 1 aromatic heterocycles. The van der Waals surface area contributed by atoms with Gasteiger partial charge in [0.1, 0.15) is 21.6 Å². The van der Waals surface area contributed by atoms with Crippen LogP contribution in [0.4, 0.5) is 0 Å². The van der Waals surface area contributed by atoms with Gasteiger partial charge in [0, 0.05) is 18.6 Å². The summed E-state index contributed by atoms with van der Waals surface area (Å²) in [5.74, 6) is -3.32. The van der Waals surface area contributed by atoms with Gasteiger partial charge in [0.2, 0.25) is 5.91 Å². The summed E-state index contributed by atoms with van der Waals surface area (Å²) >= 11 is 0. The fourth-order valence-corrected chi connectivity index (χ4v) is 3.72. The van der Waals surface area contributed by atoms with Gasteiger partial charge in [0.15, 0.2) is 0 Å². The van der Waals surface area contributed by atoms with Gasteiger partial charge >= 0.3 is 7.12 Å². The second-order valence-corrected chi connectivity index (χ2v) is 9.30. The second kappa shape index (κ2) is 11.5. The minimum Gasteiger partial charge on any atom is -0.426 e. The smallest absolute Gasteiger partial charge is 0.426 e. The zero-order valence-electron chi connectivity index (χ0n) is 17.0. The highest BCUT2D eigenvalue weighted by Gasteiger charge is 2.31. The van der Waals surface area contributed by atoms with E-state index >= 15 is 0 Å². The van der Waals surface area contributed by atoms with Gasteiger partial charge in [-0.25, -0.2) is 13.4 Å². The van der Waals surface area contributed by atoms with Crippen LogP contribution in [0.5, 0.6) is 0 Å². The first kappa shape index (κ1) is 24.4. The number of carbonyl (C=O) groups excluding carboxylic acids is 2. The van der Waals surface area contributed by atoms with Crippen LogP contribution in [0.2, 0.25) is 0 Å². The van der Waals surface area contributed by atoms with Crippen molar-refractivity contribution < 1.29 is 28.1 Å². The number of nitrogens with zero attached hydrogens (tertiary/aromatic N) is 2. The van der Waals surface area contributed by atoms with Crippen LogP contribution in [0.1, 0.15) is 28.9 Å². The number of amides is 2. The van der Waals surface area contributed by atoms with Gasteiger partial charge in [-0.1, -0.05) is 30.3 Å². The summed E-state index contributed by atoms with van der Waals surface area (Å²) in [7, 11) is -5.49. The Morgan fingerprint density at radius 3 is 2.42 bits per heavy atom. The van der Waals surface area contributed by atoms with Crippen LogP contribution in [0, 0.1) is 0 Å².